The normalized spacial score (nSPS) is 23.2. The molecule has 1 fully saturated rings. The van der Waals surface area contributed by atoms with Gasteiger partial charge in [0, 0.05) is 12.1 Å². The van der Waals surface area contributed by atoms with Crippen molar-refractivity contribution in [3.63, 3.8) is 0 Å². The molecule has 3 N–H and O–H groups in total. The topological polar surface area (TPSA) is 36.1 Å². The Labute approximate surface area is 137 Å². The Hall–Kier alpha value is -1.33. The maximum Gasteiger partial charge on any atom is 0.0953 e. The van der Waals surface area contributed by atoms with Crippen LogP contribution in [0.4, 0.5) is 0 Å². The molecule has 2 aromatic carbocycles. The minimum Gasteiger partial charge on any atom is -0.277 e. The molecule has 0 spiro atoms. The van der Waals surface area contributed by atoms with E-state index in [1.165, 1.54) is 23.1 Å². The van der Waals surface area contributed by atoms with Crippen molar-refractivity contribution in [1.29, 1.82) is 0 Å². The van der Waals surface area contributed by atoms with E-state index in [1.807, 2.05) is 6.07 Å². The first-order chi connectivity index (χ1) is 10.8. The van der Waals surface area contributed by atoms with Crippen LogP contribution >= 0.6 is 12.1 Å². The second-order valence-electron chi connectivity index (χ2n) is 5.76. The van der Waals surface area contributed by atoms with Gasteiger partial charge in [0.05, 0.1) is 12.3 Å². The highest BCUT2D eigenvalue weighted by Crippen LogP contribution is 2.25. The number of nitrogens with one attached hydrogen (secondary N) is 3. The van der Waals surface area contributed by atoms with Gasteiger partial charge in [-0.2, -0.15) is 0 Å². The van der Waals surface area contributed by atoms with Gasteiger partial charge < -0.3 is 0 Å². The second-order valence-corrected chi connectivity index (χ2v) is 6.43. The quantitative estimate of drug-likeness (QED) is 0.738. The predicted molar refractivity (Wildman–Crippen MR) is 94.1 cm³/mol. The van der Waals surface area contributed by atoms with E-state index in [-0.39, 0.29) is 12.3 Å². The van der Waals surface area contributed by atoms with Gasteiger partial charge in [-0.25, -0.2) is 9.44 Å². The monoisotopic (exact) mass is 313 g/mol. The van der Waals surface area contributed by atoms with Crippen LogP contribution in [0, 0.1) is 0 Å². The SMILES string of the molecule is CCC(C)c1ccc(C2NSNC(c3ccccc3)N2)cc1. The van der Waals surface area contributed by atoms with Crippen LogP contribution in [0.25, 0.3) is 0 Å². The van der Waals surface area contributed by atoms with Crippen LogP contribution in [0.3, 0.4) is 0 Å². The highest BCUT2D eigenvalue weighted by atomic mass is 32.2. The second kappa shape index (κ2) is 7.29. The largest absolute Gasteiger partial charge is 0.277 e. The lowest BCUT2D eigenvalue weighted by Crippen LogP contribution is -2.45. The summed E-state index contributed by atoms with van der Waals surface area (Å²) in [6, 6.07) is 19.4. The van der Waals surface area contributed by atoms with Crippen LogP contribution in [0.15, 0.2) is 54.6 Å². The van der Waals surface area contributed by atoms with Crippen LogP contribution in [-0.4, -0.2) is 0 Å². The van der Waals surface area contributed by atoms with E-state index in [0.717, 1.165) is 0 Å². The molecule has 3 rings (SSSR count). The lowest BCUT2D eigenvalue weighted by atomic mass is 9.97. The summed E-state index contributed by atoms with van der Waals surface area (Å²) < 4.78 is 6.76. The molecular weight excluding hydrogens is 290 g/mol. The van der Waals surface area contributed by atoms with Gasteiger partial charge in [0.15, 0.2) is 0 Å². The molecule has 1 heterocycles. The fourth-order valence-electron chi connectivity index (χ4n) is 2.61. The summed E-state index contributed by atoms with van der Waals surface area (Å²) in [5.74, 6) is 0.620. The Morgan fingerprint density at radius 2 is 1.50 bits per heavy atom. The standard InChI is InChI=1S/C18H23N3S/c1-3-13(2)14-9-11-16(12-10-14)18-19-17(20-22-21-18)15-7-5-4-6-8-15/h4-13,17-21H,3H2,1-2H3. The van der Waals surface area contributed by atoms with Gasteiger partial charge in [-0.15, -0.1) is 0 Å². The lowest BCUT2D eigenvalue weighted by Gasteiger charge is -2.32. The maximum absolute atomic E-state index is 3.61. The Morgan fingerprint density at radius 1 is 0.909 bits per heavy atom. The van der Waals surface area contributed by atoms with Crippen LogP contribution in [0.5, 0.6) is 0 Å². The van der Waals surface area contributed by atoms with E-state index in [1.54, 1.807) is 12.1 Å². The molecule has 3 atom stereocenters. The minimum atomic E-state index is 0.141. The predicted octanol–water partition coefficient (Wildman–Crippen LogP) is 4.24. The molecule has 2 aromatic rings. The van der Waals surface area contributed by atoms with Crippen molar-refractivity contribution in [3.8, 4) is 0 Å². The Morgan fingerprint density at radius 3 is 2.09 bits per heavy atom. The molecular formula is C18H23N3S. The number of hydrogen-bond donors (Lipinski definition) is 3. The molecule has 0 aliphatic carbocycles. The molecule has 3 unspecified atom stereocenters. The first-order valence-corrected chi connectivity index (χ1v) is 8.67. The maximum atomic E-state index is 3.61. The average Bonchev–Trinajstić information content (AvgIpc) is 2.62. The third-order valence-corrected chi connectivity index (χ3v) is 4.98. The molecule has 0 bridgehead atoms. The minimum absolute atomic E-state index is 0.141. The van der Waals surface area contributed by atoms with Crippen molar-refractivity contribution in [1.82, 2.24) is 14.8 Å². The summed E-state index contributed by atoms with van der Waals surface area (Å²) in [5, 5.41) is 3.61. The molecule has 1 saturated heterocycles. The van der Waals surface area contributed by atoms with Crippen LogP contribution in [0.2, 0.25) is 0 Å². The Bertz CT molecular complexity index is 585. The zero-order valence-electron chi connectivity index (χ0n) is 13.0. The van der Waals surface area contributed by atoms with Gasteiger partial charge in [-0.1, -0.05) is 68.4 Å². The van der Waals surface area contributed by atoms with E-state index in [4.69, 9.17) is 0 Å². The molecule has 1 aliphatic rings. The molecule has 4 heteroatoms. The summed E-state index contributed by atoms with van der Waals surface area (Å²) in [6.07, 6.45) is 1.46. The van der Waals surface area contributed by atoms with E-state index in [2.05, 4.69) is 77.1 Å². The van der Waals surface area contributed by atoms with Crippen molar-refractivity contribution in [2.24, 2.45) is 0 Å². The zero-order valence-corrected chi connectivity index (χ0v) is 13.9. The summed E-state index contributed by atoms with van der Waals surface area (Å²) in [6.45, 7) is 4.51. The van der Waals surface area contributed by atoms with E-state index < -0.39 is 0 Å². The van der Waals surface area contributed by atoms with E-state index >= 15 is 0 Å². The first kappa shape index (κ1) is 15.6. The van der Waals surface area contributed by atoms with Crippen molar-refractivity contribution in [2.75, 3.05) is 0 Å². The van der Waals surface area contributed by atoms with Crippen molar-refractivity contribution >= 4 is 12.1 Å². The van der Waals surface area contributed by atoms with Crippen LogP contribution < -0.4 is 14.8 Å². The summed E-state index contributed by atoms with van der Waals surface area (Å²) in [7, 11) is 0. The van der Waals surface area contributed by atoms with Gasteiger partial charge in [0.1, 0.15) is 0 Å². The van der Waals surface area contributed by atoms with E-state index in [9.17, 15) is 0 Å². The van der Waals surface area contributed by atoms with Crippen molar-refractivity contribution in [2.45, 2.75) is 38.5 Å². The third kappa shape index (κ3) is 3.52. The highest BCUT2D eigenvalue weighted by molar-refractivity contribution is 7.95. The number of rotatable bonds is 4. The highest BCUT2D eigenvalue weighted by Gasteiger charge is 2.23. The molecule has 0 radical (unpaired) electrons. The fraction of sp³-hybridized carbons (Fsp3) is 0.333. The fourth-order valence-corrected chi connectivity index (χ4v) is 3.33. The van der Waals surface area contributed by atoms with Gasteiger partial charge in [0.2, 0.25) is 0 Å². The molecule has 22 heavy (non-hydrogen) atoms. The third-order valence-electron chi connectivity index (χ3n) is 4.27. The van der Waals surface area contributed by atoms with Crippen molar-refractivity contribution < 1.29 is 0 Å². The molecule has 0 saturated carbocycles. The number of hydrogen-bond acceptors (Lipinski definition) is 4. The van der Waals surface area contributed by atoms with Gasteiger partial charge in [-0.05, 0) is 29.0 Å². The molecule has 1 aliphatic heterocycles. The molecule has 116 valence electrons. The zero-order chi connectivity index (χ0) is 15.4. The summed E-state index contributed by atoms with van der Waals surface area (Å²) in [4.78, 5) is 0. The Kier molecular flexibility index (Phi) is 5.16. The van der Waals surface area contributed by atoms with E-state index in [0.29, 0.717) is 5.92 Å². The molecule has 0 amide bonds. The number of benzene rings is 2. The van der Waals surface area contributed by atoms with Gasteiger partial charge in [0.25, 0.3) is 0 Å². The van der Waals surface area contributed by atoms with Gasteiger partial charge >= 0.3 is 0 Å². The smallest absolute Gasteiger partial charge is 0.0953 e. The lowest BCUT2D eigenvalue weighted by molar-refractivity contribution is 0.402. The Balaban J connectivity index is 1.72. The molecule has 0 aromatic heterocycles. The van der Waals surface area contributed by atoms with Crippen molar-refractivity contribution in [3.05, 3.63) is 71.3 Å². The molecule has 3 nitrogen and oxygen atoms in total. The first-order valence-electron chi connectivity index (χ1n) is 7.85. The average molecular weight is 313 g/mol. The summed E-state index contributed by atoms with van der Waals surface area (Å²) >= 11 is 1.55. The van der Waals surface area contributed by atoms with Gasteiger partial charge in [-0.3, -0.25) is 5.32 Å². The van der Waals surface area contributed by atoms with Crippen LogP contribution in [-0.2, 0) is 0 Å². The summed E-state index contributed by atoms with van der Waals surface area (Å²) in [5.41, 5.74) is 3.92. The van der Waals surface area contributed by atoms with Crippen LogP contribution in [0.1, 0.15) is 55.2 Å².